The summed E-state index contributed by atoms with van der Waals surface area (Å²) < 4.78 is 15.4. The molecule has 0 aliphatic carbocycles. The summed E-state index contributed by atoms with van der Waals surface area (Å²) in [5, 5.41) is 13.5. The molecule has 8 heteroatoms. The lowest BCUT2D eigenvalue weighted by Crippen LogP contribution is -2.28. The van der Waals surface area contributed by atoms with E-state index in [-0.39, 0.29) is 53.3 Å². The summed E-state index contributed by atoms with van der Waals surface area (Å²) in [5.74, 6) is -0.731. The van der Waals surface area contributed by atoms with Crippen molar-refractivity contribution < 1.29 is 19.1 Å². The number of nitrogens with zero attached hydrogens (tertiary/aromatic N) is 2. The summed E-state index contributed by atoms with van der Waals surface area (Å²) in [6.07, 6.45) is 1.49. The van der Waals surface area contributed by atoms with Crippen LogP contribution < -0.4 is 5.32 Å². The third-order valence-electron chi connectivity index (χ3n) is 5.81. The first kappa shape index (κ1) is 26.7. The SMILES string of the molecule is CC(C)(C)Nc1ncnc2c(CC(=O)c3c(Cl)ccc(CCC(=O)C(C)(C)CO)c3F)cccc12. The molecule has 0 saturated carbocycles. The zero-order chi connectivity index (χ0) is 26.0. The molecule has 1 heterocycles. The van der Waals surface area contributed by atoms with E-state index in [1.165, 1.54) is 18.5 Å². The van der Waals surface area contributed by atoms with Gasteiger partial charge in [0.1, 0.15) is 23.7 Å². The number of aliphatic hydroxyl groups is 1. The maximum Gasteiger partial charge on any atom is 0.171 e. The molecule has 0 fully saturated rings. The molecule has 6 nitrogen and oxygen atoms in total. The van der Waals surface area contributed by atoms with Crippen LogP contribution in [0.15, 0.2) is 36.7 Å². The van der Waals surface area contributed by atoms with Crippen molar-refractivity contribution in [3.8, 4) is 0 Å². The van der Waals surface area contributed by atoms with Crippen LogP contribution in [0.4, 0.5) is 10.2 Å². The van der Waals surface area contributed by atoms with Crippen LogP contribution in [0.3, 0.4) is 0 Å². The molecule has 2 aromatic carbocycles. The molecule has 3 rings (SSSR count). The first-order chi connectivity index (χ1) is 16.3. The fraction of sp³-hybridized carbons (Fsp3) is 0.407. The molecule has 0 unspecified atom stereocenters. The Kier molecular flexibility index (Phi) is 7.92. The van der Waals surface area contributed by atoms with E-state index in [9.17, 15) is 14.7 Å². The molecule has 0 aliphatic heterocycles. The van der Waals surface area contributed by atoms with E-state index in [2.05, 4.69) is 15.3 Å². The molecule has 0 atom stereocenters. The minimum atomic E-state index is -0.904. The summed E-state index contributed by atoms with van der Waals surface area (Å²) in [6.45, 7) is 9.04. The summed E-state index contributed by atoms with van der Waals surface area (Å²) in [6, 6.07) is 8.43. The van der Waals surface area contributed by atoms with Crippen LogP contribution in [0.5, 0.6) is 0 Å². The van der Waals surface area contributed by atoms with Gasteiger partial charge in [-0.05, 0) is 50.5 Å². The van der Waals surface area contributed by atoms with Crippen molar-refractivity contribution in [2.75, 3.05) is 11.9 Å². The van der Waals surface area contributed by atoms with E-state index in [4.69, 9.17) is 11.6 Å². The maximum atomic E-state index is 15.4. The van der Waals surface area contributed by atoms with Gasteiger partial charge in [-0.3, -0.25) is 9.59 Å². The van der Waals surface area contributed by atoms with Crippen LogP contribution in [-0.4, -0.2) is 38.8 Å². The highest BCUT2D eigenvalue weighted by atomic mass is 35.5. The van der Waals surface area contributed by atoms with E-state index in [1.54, 1.807) is 19.9 Å². The molecule has 2 N–H and O–H groups in total. The molecule has 0 aliphatic rings. The predicted molar refractivity (Wildman–Crippen MR) is 137 cm³/mol. The zero-order valence-electron chi connectivity index (χ0n) is 20.7. The molecule has 35 heavy (non-hydrogen) atoms. The minimum Gasteiger partial charge on any atom is -0.395 e. The van der Waals surface area contributed by atoms with Gasteiger partial charge in [-0.15, -0.1) is 0 Å². The number of carbonyl (C=O) groups excluding carboxylic acids is 2. The second kappa shape index (κ2) is 10.4. The van der Waals surface area contributed by atoms with Gasteiger partial charge in [0.2, 0.25) is 0 Å². The summed E-state index contributed by atoms with van der Waals surface area (Å²) in [7, 11) is 0. The Labute approximate surface area is 209 Å². The monoisotopic (exact) mass is 499 g/mol. The fourth-order valence-electron chi connectivity index (χ4n) is 3.73. The molecule has 0 bridgehead atoms. The Morgan fingerprint density at radius 3 is 2.43 bits per heavy atom. The van der Waals surface area contributed by atoms with Gasteiger partial charge in [0.25, 0.3) is 0 Å². The van der Waals surface area contributed by atoms with E-state index in [1.807, 2.05) is 32.9 Å². The molecular weight excluding hydrogens is 469 g/mol. The van der Waals surface area contributed by atoms with E-state index in [0.717, 1.165) is 5.39 Å². The lowest BCUT2D eigenvalue weighted by atomic mass is 9.86. The van der Waals surface area contributed by atoms with Crippen LogP contribution in [-0.2, 0) is 17.6 Å². The third kappa shape index (κ3) is 6.21. The predicted octanol–water partition coefficient (Wildman–Crippen LogP) is 5.58. The highest BCUT2D eigenvalue weighted by Gasteiger charge is 2.27. The second-order valence-electron chi connectivity index (χ2n) is 10.4. The van der Waals surface area contributed by atoms with Crippen molar-refractivity contribution in [2.24, 2.45) is 5.41 Å². The van der Waals surface area contributed by atoms with Crippen LogP contribution >= 0.6 is 11.6 Å². The Morgan fingerprint density at radius 2 is 1.77 bits per heavy atom. The van der Waals surface area contributed by atoms with Crippen LogP contribution in [0, 0.1) is 11.2 Å². The number of nitrogens with one attached hydrogen (secondary N) is 1. The average molecular weight is 500 g/mol. The van der Waals surface area contributed by atoms with Crippen LogP contribution in [0.25, 0.3) is 10.9 Å². The van der Waals surface area contributed by atoms with Gasteiger partial charge < -0.3 is 10.4 Å². The fourth-order valence-corrected chi connectivity index (χ4v) is 3.98. The summed E-state index contributed by atoms with van der Waals surface area (Å²) in [5.41, 5.74) is 0.143. The Hall–Kier alpha value is -2.90. The van der Waals surface area contributed by atoms with E-state index in [0.29, 0.717) is 16.9 Å². The Morgan fingerprint density at radius 1 is 1.06 bits per heavy atom. The first-order valence-electron chi connectivity index (χ1n) is 11.5. The smallest absolute Gasteiger partial charge is 0.171 e. The maximum absolute atomic E-state index is 15.4. The van der Waals surface area contributed by atoms with Gasteiger partial charge in [-0.1, -0.05) is 43.6 Å². The van der Waals surface area contributed by atoms with E-state index >= 15 is 4.39 Å². The number of fused-ring (bicyclic) bond motifs is 1. The first-order valence-corrected chi connectivity index (χ1v) is 11.9. The van der Waals surface area contributed by atoms with Gasteiger partial charge >= 0.3 is 0 Å². The number of aromatic nitrogens is 2. The lowest BCUT2D eigenvalue weighted by Gasteiger charge is -2.22. The third-order valence-corrected chi connectivity index (χ3v) is 6.13. The Bertz CT molecular complexity index is 1270. The quantitative estimate of drug-likeness (QED) is 0.373. The number of hydrogen-bond acceptors (Lipinski definition) is 6. The molecule has 0 saturated heterocycles. The van der Waals surface area contributed by atoms with Crippen molar-refractivity contribution in [1.29, 1.82) is 0 Å². The van der Waals surface area contributed by atoms with Gasteiger partial charge in [0, 0.05) is 29.2 Å². The standard InChI is InChI=1S/C27H31ClFN3O3/c1-26(2,3)32-25-18-8-6-7-17(24(18)30-15-31-25)13-20(34)22-19(28)11-9-16(23(22)29)10-12-21(35)27(4,5)14-33/h6-9,11,15,33H,10,12-14H2,1-5H3,(H,30,31,32). The van der Waals surface area contributed by atoms with Crippen LogP contribution in [0.2, 0.25) is 5.02 Å². The summed E-state index contributed by atoms with van der Waals surface area (Å²) >= 11 is 6.24. The zero-order valence-corrected chi connectivity index (χ0v) is 21.5. The van der Waals surface area contributed by atoms with Crippen molar-refractivity contribution in [3.05, 3.63) is 64.2 Å². The lowest BCUT2D eigenvalue weighted by molar-refractivity contribution is -0.128. The van der Waals surface area contributed by atoms with Crippen molar-refractivity contribution in [3.63, 3.8) is 0 Å². The number of rotatable bonds is 9. The molecular formula is C27H31ClFN3O3. The topological polar surface area (TPSA) is 92.2 Å². The average Bonchev–Trinajstić information content (AvgIpc) is 2.78. The van der Waals surface area contributed by atoms with Gasteiger partial charge in [-0.2, -0.15) is 0 Å². The van der Waals surface area contributed by atoms with Gasteiger partial charge in [-0.25, -0.2) is 14.4 Å². The van der Waals surface area contributed by atoms with E-state index < -0.39 is 17.0 Å². The highest BCUT2D eigenvalue weighted by molar-refractivity contribution is 6.34. The number of ketones is 2. The number of halogens is 2. The number of anilines is 1. The molecule has 0 amide bonds. The number of para-hydroxylation sites is 1. The molecule has 186 valence electrons. The van der Waals surface area contributed by atoms with Gasteiger partial charge in [0.05, 0.1) is 22.7 Å². The molecule has 0 radical (unpaired) electrons. The highest BCUT2D eigenvalue weighted by Crippen LogP contribution is 2.29. The van der Waals surface area contributed by atoms with Gasteiger partial charge in [0.15, 0.2) is 5.78 Å². The van der Waals surface area contributed by atoms with Crippen molar-refractivity contribution >= 4 is 39.9 Å². The molecule has 1 aromatic heterocycles. The number of carbonyl (C=O) groups is 2. The summed E-state index contributed by atoms with van der Waals surface area (Å²) in [4.78, 5) is 34.3. The number of aliphatic hydroxyl groups excluding tert-OH is 1. The number of Topliss-reactive ketones (excluding diaryl/α,β-unsaturated/α-hetero) is 2. The largest absolute Gasteiger partial charge is 0.395 e. The second-order valence-corrected chi connectivity index (χ2v) is 10.8. The Balaban J connectivity index is 1.90. The minimum absolute atomic E-state index is 0.0169. The van der Waals surface area contributed by atoms with Crippen LogP contribution in [0.1, 0.15) is 62.5 Å². The normalized spacial score (nSPS) is 12.1. The molecule has 0 spiro atoms. The molecule has 3 aromatic rings. The number of benzene rings is 2. The number of hydrogen-bond donors (Lipinski definition) is 2. The number of aryl methyl sites for hydroxylation is 1. The van der Waals surface area contributed by atoms with Crippen molar-refractivity contribution in [2.45, 2.75) is 59.4 Å². The van der Waals surface area contributed by atoms with Crippen molar-refractivity contribution in [1.82, 2.24) is 9.97 Å².